The lowest BCUT2D eigenvalue weighted by molar-refractivity contribution is -0.157. The van der Waals surface area contributed by atoms with Gasteiger partial charge in [-0.1, -0.05) is 13.8 Å². The number of rotatable bonds is 4. The number of amides is 2. The molecule has 9 heteroatoms. The number of nitrogens with zero attached hydrogens (tertiary/aromatic N) is 2. The highest BCUT2D eigenvalue weighted by Crippen LogP contribution is 2.26. The molecule has 1 saturated heterocycles. The van der Waals surface area contributed by atoms with Gasteiger partial charge in [0.15, 0.2) is 5.13 Å². The van der Waals surface area contributed by atoms with Crippen LogP contribution in [0.1, 0.15) is 31.9 Å². The number of carbonyl (C=O) groups is 2. The minimum atomic E-state index is -4.46. The molecular weight excluding hydrogens is 319 g/mol. The van der Waals surface area contributed by atoms with Crippen molar-refractivity contribution in [1.29, 1.82) is 0 Å². The van der Waals surface area contributed by atoms with Gasteiger partial charge in [-0.3, -0.25) is 9.59 Å². The number of aromatic nitrogens is 1. The average Bonchev–Trinajstić information content (AvgIpc) is 2.96. The molecule has 22 heavy (non-hydrogen) atoms. The molecule has 1 aliphatic heterocycles. The van der Waals surface area contributed by atoms with Gasteiger partial charge >= 0.3 is 6.18 Å². The molecule has 5 nitrogen and oxygen atoms in total. The van der Waals surface area contributed by atoms with Crippen LogP contribution in [0.4, 0.5) is 18.3 Å². The van der Waals surface area contributed by atoms with E-state index in [0.29, 0.717) is 10.0 Å². The smallest absolute Gasteiger partial charge is 0.333 e. The zero-order valence-electron chi connectivity index (χ0n) is 12.1. The summed E-state index contributed by atoms with van der Waals surface area (Å²) in [5.74, 6) is -1.68. The molecule has 2 heterocycles. The number of carbonyl (C=O) groups excluding carboxylic acids is 2. The molecule has 0 radical (unpaired) electrons. The molecule has 1 N–H and O–H groups in total. The lowest BCUT2D eigenvalue weighted by Gasteiger charge is -2.18. The summed E-state index contributed by atoms with van der Waals surface area (Å²) in [5, 5.41) is 4.79. The summed E-state index contributed by atoms with van der Waals surface area (Å²) in [6.45, 7) is 2.40. The van der Waals surface area contributed by atoms with Crippen LogP contribution >= 0.6 is 11.3 Å². The summed E-state index contributed by atoms with van der Waals surface area (Å²) in [5.41, 5.74) is 0.835. The molecule has 0 aliphatic carbocycles. The highest BCUT2D eigenvalue weighted by atomic mass is 32.1. The maximum atomic E-state index is 12.3. The highest BCUT2D eigenvalue weighted by molar-refractivity contribution is 7.13. The second kappa shape index (κ2) is 6.23. The van der Waals surface area contributed by atoms with Gasteiger partial charge in [0.05, 0.1) is 11.6 Å². The van der Waals surface area contributed by atoms with E-state index in [2.05, 4.69) is 10.3 Å². The molecule has 1 aromatic heterocycles. The summed E-state index contributed by atoms with van der Waals surface area (Å²) in [6.07, 6.45) is -4.66. The first-order valence-corrected chi connectivity index (χ1v) is 7.64. The molecule has 1 aromatic rings. The third-order valence-electron chi connectivity index (χ3n) is 3.30. The topological polar surface area (TPSA) is 62.3 Å². The van der Waals surface area contributed by atoms with Gasteiger partial charge < -0.3 is 10.2 Å². The van der Waals surface area contributed by atoms with Crippen molar-refractivity contribution in [2.24, 2.45) is 5.92 Å². The van der Waals surface area contributed by atoms with E-state index in [0.717, 1.165) is 5.69 Å². The van der Waals surface area contributed by atoms with E-state index in [1.165, 1.54) is 11.3 Å². The van der Waals surface area contributed by atoms with E-state index in [-0.39, 0.29) is 18.9 Å². The van der Waals surface area contributed by atoms with Gasteiger partial charge in [-0.2, -0.15) is 13.2 Å². The molecule has 1 aliphatic rings. The summed E-state index contributed by atoms with van der Waals surface area (Å²) < 4.78 is 37.0. The molecule has 1 atom stereocenters. The van der Waals surface area contributed by atoms with Crippen molar-refractivity contribution in [3.05, 3.63) is 11.1 Å². The molecule has 1 fully saturated rings. The van der Waals surface area contributed by atoms with Gasteiger partial charge in [-0.15, -0.1) is 11.3 Å². The van der Waals surface area contributed by atoms with Crippen molar-refractivity contribution in [1.82, 2.24) is 9.88 Å². The molecule has 0 spiro atoms. The summed E-state index contributed by atoms with van der Waals surface area (Å²) in [6, 6.07) is 0. The molecule has 122 valence electrons. The van der Waals surface area contributed by atoms with Crippen LogP contribution in [0.15, 0.2) is 5.38 Å². The van der Waals surface area contributed by atoms with Crippen molar-refractivity contribution in [3.8, 4) is 0 Å². The quantitative estimate of drug-likeness (QED) is 0.920. The van der Waals surface area contributed by atoms with Gasteiger partial charge in [-0.25, -0.2) is 4.98 Å². The van der Waals surface area contributed by atoms with E-state index in [1.54, 1.807) is 0 Å². The van der Waals surface area contributed by atoms with Gasteiger partial charge in [0.2, 0.25) is 11.8 Å². The van der Waals surface area contributed by atoms with Gasteiger partial charge in [0.25, 0.3) is 0 Å². The molecule has 0 saturated carbocycles. The van der Waals surface area contributed by atoms with Gasteiger partial charge in [-0.05, 0) is 5.92 Å². The third kappa shape index (κ3) is 4.19. The largest absolute Gasteiger partial charge is 0.406 e. The Balaban J connectivity index is 1.94. The Bertz CT molecular complexity index is 571. The lowest BCUT2D eigenvalue weighted by Crippen LogP contribution is -2.36. The zero-order chi connectivity index (χ0) is 16.5. The van der Waals surface area contributed by atoms with Crippen LogP contribution in [-0.2, 0) is 9.59 Å². The fraction of sp³-hybridized carbons (Fsp3) is 0.615. The molecular formula is C13H16F3N3O2S. The molecule has 0 bridgehead atoms. The Labute approximate surface area is 129 Å². The normalized spacial score (nSPS) is 19.1. The summed E-state index contributed by atoms with van der Waals surface area (Å²) in [7, 11) is 0. The first-order chi connectivity index (χ1) is 10.2. The molecule has 0 aromatic carbocycles. The predicted octanol–water partition coefficient (Wildman–Crippen LogP) is 2.62. The number of alkyl halides is 3. The minimum Gasteiger partial charge on any atom is -0.333 e. The van der Waals surface area contributed by atoms with Crippen LogP contribution in [0.25, 0.3) is 0 Å². The first-order valence-electron chi connectivity index (χ1n) is 6.76. The summed E-state index contributed by atoms with van der Waals surface area (Å²) >= 11 is 1.26. The average molecular weight is 335 g/mol. The first kappa shape index (κ1) is 16.7. The second-order valence-corrected chi connectivity index (χ2v) is 6.37. The van der Waals surface area contributed by atoms with Crippen molar-refractivity contribution < 1.29 is 22.8 Å². The van der Waals surface area contributed by atoms with Crippen molar-refractivity contribution in [3.63, 3.8) is 0 Å². The van der Waals surface area contributed by atoms with Crippen molar-refractivity contribution >= 4 is 28.3 Å². The van der Waals surface area contributed by atoms with Gasteiger partial charge in [0, 0.05) is 18.3 Å². The fourth-order valence-electron chi connectivity index (χ4n) is 2.13. The zero-order valence-corrected chi connectivity index (χ0v) is 12.9. The fourth-order valence-corrected chi connectivity index (χ4v) is 3.01. The maximum absolute atomic E-state index is 12.3. The second-order valence-electron chi connectivity index (χ2n) is 5.51. The van der Waals surface area contributed by atoms with E-state index in [4.69, 9.17) is 0 Å². The van der Waals surface area contributed by atoms with E-state index < -0.39 is 30.5 Å². The lowest BCUT2D eigenvalue weighted by atomic mass is 10.1. The van der Waals surface area contributed by atoms with E-state index in [9.17, 15) is 22.8 Å². The summed E-state index contributed by atoms with van der Waals surface area (Å²) in [4.78, 5) is 28.5. The standard InChI is InChI=1S/C13H16F3N3O2S/c1-7(2)9-5-22-12(17-9)18-11(21)8-3-10(20)19(4-8)6-13(14,15)16/h5,7-8H,3-4,6H2,1-2H3,(H,17,18,21). The number of thiazole rings is 1. The Morgan fingerprint density at radius 2 is 2.23 bits per heavy atom. The van der Waals surface area contributed by atoms with Crippen LogP contribution in [-0.4, -0.2) is 41.0 Å². The molecule has 2 rings (SSSR count). The van der Waals surface area contributed by atoms with Gasteiger partial charge in [0.1, 0.15) is 6.54 Å². The maximum Gasteiger partial charge on any atom is 0.406 e. The third-order valence-corrected chi connectivity index (χ3v) is 4.07. The predicted molar refractivity (Wildman–Crippen MR) is 75.6 cm³/mol. The van der Waals surface area contributed by atoms with E-state index in [1.807, 2.05) is 19.2 Å². The van der Waals surface area contributed by atoms with Crippen LogP contribution in [0.2, 0.25) is 0 Å². The number of likely N-dealkylation sites (tertiary alicyclic amines) is 1. The molecule has 2 amide bonds. The Hall–Kier alpha value is -1.64. The Kier molecular flexibility index (Phi) is 4.74. The van der Waals surface area contributed by atoms with Crippen LogP contribution in [0.3, 0.4) is 0 Å². The minimum absolute atomic E-state index is 0.204. The van der Waals surface area contributed by atoms with Crippen LogP contribution in [0.5, 0.6) is 0 Å². The monoisotopic (exact) mass is 335 g/mol. The Morgan fingerprint density at radius 3 is 2.77 bits per heavy atom. The molecule has 1 unspecified atom stereocenters. The van der Waals surface area contributed by atoms with Crippen LogP contribution < -0.4 is 5.32 Å². The van der Waals surface area contributed by atoms with Crippen molar-refractivity contribution in [2.75, 3.05) is 18.4 Å². The Morgan fingerprint density at radius 1 is 1.55 bits per heavy atom. The number of halogens is 3. The highest BCUT2D eigenvalue weighted by Gasteiger charge is 2.40. The number of hydrogen-bond acceptors (Lipinski definition) is 4. The SMILES string of the molecule is CC(C)c1csc(NC(=O)C2CC(=O)N(CC(F)(F)F)C2)n1. The number of hydrogen-bond donors (Lipinski definition) is 1. The van der Waals surface area contributed by atoms with Crippen LogP contribution in [0, 0.1) is 5.92 Å². The van der Waals surface area contributed by atoms with E-state index >= 15 is 0 Å². The number of anilines is 1. The van der Waals surface area contributed by atoms with Crippen molar-refractivity contribution in [2.45, 2.75) is 32.4 Å². The number of nitrogens with one attached hydrogen (secondary N) is 1.